The fraction of sp³-hybridized carbons (Fsp3) is 0.588. The number of hydrogen-bond donors (Lipinski definition) is 2. The van der Waals surface area contributed by atoms with E-state index in [1.807, 2.05) is 0 Å². The molecular formula is C17H23F3N2O3. The average molecular weight is 360 g/mol. The number of benzene rings is 1. The van der Waals surface area contributed by atoms with Crippen molar-refractivity contribution in [2.24, 2.45) is 11.7 Å². The summed E-state index contributed by atoms with van der Waals surface area (Å²) >= 11 is 0. The lowest BCUT2D eigenvalue weighted by Crippen LogP contribution is -2.46. The summed E-state index contributed by atoms with van der Waals surface area (Å²) in [6.45, 7) is -1.19. The smallest absolute Gasteiger partial charge is 0.422 e. The number of hydrogen-bond acceptors (Lipinski definition) is 4. The van der Waals surface area contributed by atoms with Gasteiger partial charge < -0.3 is 20.5 Å². The third-order valence-corrected chi connectivity index (χ3v) is 4.16. The van der Waals surface area contributed by atoms with Crippen LogP contribution in [0.3, 0.4) is 0 Å². The molecule has 1 aliphatic rings. The van der Waals surface area contributed by atoms with Crippen molar-refractivity contribution in [3.63, 3.8) is 0 Å². The molecule has 1 aromatic rings. The van der Waals surface area contributed by atoms with Gasteiger partial charge >= 0.3 is 6.18 Å². The molecule has 3 N–H and O–H groups in total. The van der Waals surface area contributed by atoms with Crippen molar-refractivity contribution in [1.29, 1.82) is 0 Å². The average Bonchev–Trinajstić information content (AvgIpc) is 2.58. The van der Waals surface area contributed by atoms with E-state index in [1.54, 1.807) is 6.07 Å². The van der Waals surface area contributed by atoms with Gasteiger partial charge in [-0.15, -0.1) is 0 Å². The van der Waals surface area contributed by atoms with Crippen LogP contribution < -0.4 is 20.5 Å². The summed E-state index contributed by atoms with van der Waals surface area (Å²) in [6.07, 6.45) is -0.441. The fourth-order valence-electron chi connectivity index (χ4n) is 2.92. The molecule has 0 aromatic heterocycles. The van der Waals surface area contributed by atoms with Crippen molar-refractivity contribution < 1.29 is 27.4 Å². The van der Waals surface area contributed by atoms with Crippen molar-refractivity contribution in [3.8, 4) is 11.5 Å². The summed E-state index contributed by atoms with van der Waals surface area (Å²) in [5.74, 6) is -0.0258. The zero-order chi connectivity index (χ0) is 18.3. The van der Waals surface area contributed by atoms with Gasteiger partial charge in [0, 0.05) is 6.04 Å². The quantitative estimate of drug-likeness (QED) is 0.784. The van der Waals surface area contributed by atoms with Crippen LogP contribution in [0.25, 0.3) is 0 Å². The first kappa shape index (κ1) is 19.4. The molecule has 0 heterocycles. The Labute approximate surface area is 144 Å². The van der Waals surface area contributed by atoms with Gasteiger partial charge in [-0.1, -0.05) is 25.0 Å². The molecule has 2 unspecified atom stereocenters. The van der Waals surface area contributed by atoms with Gasteiger partial charge in [0.05, 0.1) is 0 Å². The number of nitrogens with two attached hydrogens (primary N) is 1. The van der Waals surface area contributed by atoms with E-state index >= 15 is 0 Å². The first-order valence-electron chi connectivity index (χ1n) is 8.30. The van der Waals surface area contributed by atoms with E-state index in [9.17, 15) is 18.0 Å². The standard InChI is InChI=1S/C17H23F3N2O3/c18-17(19,20)11-25-15-8-4-3-7-14(15)24-10-16(23)22-13-6-2-1-5-12(13)9-21/h3-4,7-8,12-13H,1-2,5-6,9-11,21H2,(H,22,23). The summed E-state index contributed by atoms with van der Waals surface area (Å²) < 4.78 is 46.9. The predicted molar refractivity (Wildman–Crippen MR) is 86.4 cm³/mol. The number of alkyl halides is 3. The molecular weight excluding hydrogens is 337 g/mol. The number of carbonyl (C=O) groups is 1. The van der Waals surface area contributed by atoms with Crippen LogP contribution in [0.4, 0.5) is 13.2 Å². The van der Waals surface area contributed by atoms with Gasteiger partial charge in [-0.25, -0.2) is 0 Å². The number of rotatable bonds is 7. The number of para-hydroxylation sites is 2. The Kier molecular flexibility index (Phi) is 6.92. The van der Waals surface area contributed by atoms with Crippen molar-refractivity contribution >= 4 is 5.91 Å². The Bertz CT molecular complexity index is 566. The second-order valence-corrected chi connectivity index (χ2v) is 6.09. The Morgan fingerprint density at radius 3 is 2.44 bits per heavy atom. The summed E-state index contributed by atoms with van der Waals surface area (Å²) in [5, 5.41) is 2.90. The Hall–Kier alpha value is -1.96. The number of nitrogens with one attached hydrogen (secondary N) is 1. The van der Waals surface area contributed by atoms with Gasteiger partial charge in [0.25, 0.3) is 5.91 Å². The van der Waals surface area contributed by atoms with Crippen LogP contribution in [0.2, 0.25) is 0 Å². The van der Waals surface area contributed by atoms with Crippen molar-refractivity contribution in [2.75, 3.05) is 19.8 Å². The molecule has 8 heteroatoms. The van der Waals surface area contributed by atoms with Crippen molar-refractivity contribution in [1.82, 2.24) is 5.32 Å². The highest BCUT2D eigenvalue weighted by molar-refractivity contribution is 5.78. The molecule has 5 nitrogen and oxygen atoms in total. The maximum absolute atomic E-state index is 12.3. The maximum Gasteiger partial charge on any atom is 0.422 e. The van der Waals surface area contributed by atoms with Gasteiger partial charge in [-0.05, 0) is 37.4 Å². The molecule has 2 atom stereocenters. The first-order valence-corrected chi connectivity index (χ1v) is 8.30. The summed E-state index contributed by atoms with van der Waals surface area (Å²) in [6, 6.07) is 5.98. The van der Waals surface area contributed by atoms with E-state index in [0.29, 0.717) is 6.54 Å². The first-order chi connectivity index (χ1) is 11.9. The number of amides is 1. The van der Waals surface area contributed by atoms with Gasteiger partial charge in [0.2, 0.25) is 0 Å². The van der Waals surface area contributed by atoms with E-state index in [2.05, 4.69) is 5.32 Å². The van der Waals surface area contributed by atoms with Crippen molar-refractivity contribution in [2.45, 2.75) is 37.9 Å². The Morgan fingerprint density at radius 1 is 1.16 bits per heavy atom. The van der Waals surface area contributed by atoms with Crippen molar-refractivity contribution in [3.05, 3.63) is 24.3 Å². The second-order valence-electron chi connectivity index (χ2n) is 6.09. The molecule has 0 saturated heterocycles. The monoisotopic (exact) mass is 360 g/mol. The van der Waals surface area contributed by atoms with Gasteiger partial charge in [0.15, 0.2) is 24.7 Å². The van der Waals surface area contributed by atoms with Crippen LogP contribution >= 0.6 is 0 Å². The molecule has 1 saturated carbocycles. The second kappa shape index (κ2) is 8.94. The molecule has 25 heavy (non-hydrogen) atoms. The van der Waals surface area contributed by atoms with E-state index in [0.717, 1.165) is 25.7 Å². The highest BCUT2D eigenvalue weighted by Gasteiger charge is 2.29. The van der Waals surface area contributed by atoms with Crippen LogP contribution in [-0.2, 0) is 4.79 Å². The maximum atomic E-state index is 12.3. The van der Waals surface area contributed by atoms with Crippen LogP contribution in [0.15, 0.2) is 24.3 Å². The number of carbonyl (C=O) groups excluding carboxylic acids is 1. The minimum absolute atomic E-state index is 0.0200. The lowest BCUT2D eigenvalue weighted by Gasteiger charge is -2.31. The summed E-state index contributed by atoms with van der Waals surface area (Å²) in [7, 11) is 0. The molecule has 1 aliphatic carbocycles. The zero-order valence-electron chi connectivity index (χ0n) is 13.8. The molecule has 1 fully saturated rings. The molecule has 0 radical (unpaired) electrons. The number of halogens is 3. The van der Waals surface area contributed by atoms with Gasteiger partial charge in [0.1, 0.15) is 0 Å². The number of ether oxygens (including phenoxy) is 2. The Balaban J connectivity index is 1.87. The van der Waals surface area contributed by atoms with E-state index < -0.39 is 12.8 Å². The van der Waals surface area contributed by atoms with Crippen LogP contribution in [-0.4, -0.2) is 37.9 Å². The van der Waals surface area contributed by atoms with E-state index in [1.165, 1.54) is 18.2 Å². The van der Waals surface area contributed by atoms with Gasteiger partial charge in [-0.2, -0.15) is 13.2 Å². The minimum atomic E-state index is -4.44. The highest BCUT2D eigenvalue weighted by atomic mass is 19.4. The third-order valence-electron chi connectivity index (χ3n) is 4.16. The molecule has 1 aromatic carbocycles. The predicted octanol–water partition coefficient (Wildman–Crippen LogP) is 2.64. The molecule has 0 bridgehead atoms. The zero-order valence-corrected chi connectivity index (χ0v) is 13.8. The molecule has 0 aliphatic heterocycles. The summed E-state index contributed by atoms with van der Waals surface area (Å²) in [4.78, 5) is 12.1. The highest BCUT2D eigenvalue weighted by Crippen LogP contribution is 2.28. The lowest BCUT2D eigenvalue weighted by atomic mass is 9.84. The lowest BCUT2D eigenvalue weighted by molar-refractivity contribution is -0.153. The molecule has 2 rings (SSSR count). The molecule has 140 valence electrons. The molecule has 0 spiro atoms. The molecule has 1 amide bonds. The topological polar surface area (TPSA) is 73.6 Å². The van der Waals surface area contributed by atoms with Crippen LogP contribution in [0, 0.1) is 5.92 Å². The summed E-state index contributed by atoms with van der Waals surface area (Å²) in [5.41, 5.74) is 5.73. The Morgan fingerprint density at radius 2 is 1.80 bits per heavy atom. The minimum Gasteiger partial charge on any atom is -0.480 e. The van der Waals surface area contributed by atoms with Gasteiger partial charge in [-0.3, -0.25) is 4.79 Å². The SMILES string of the molecule is NCC1CCCCC1NC(=O)COc1ccccc1OCC(F)(F)F. The largest absolute Gasteiger partial charge is 0.480 e. The fourth-order valence-corrected chi connectivity index (χ4v) is 2.92. The van der Waals surface area contributed by atoms with Crippen LogP contribution in [0.5, 0.6) is 11.5 Å². The van der Waals surface area contributed by atoms with Crippen LogP contribution in [0.1, 0.15) is 25.7 Å². The van der Waals surface area contributed by atoms with E-state index in [-0.39, 0.29) is 36.0 Å². The third kappa shape index (κ3) is 6.45. The normalized spacial score (nSPS) is 20.8. The van der Waals surface area contributed by atoms with E-state index in [4.69, 9.17) is 15.2 Å².